The first-order valence-corrected chi connectivity index (χ1v) is 7.89. The van der Waals surface area contributed by atoms with Crippen LogP contribution in [0.2, 0.25) is 0 Å². The first-order chi connectivity index (χ1) is 12.5. The second-order valence-corrected chi connectivity index (χ2v) is 5.44. The van der Waals surface area contributed by atoms with Crippen LogP contribution in [-0.4, -0.2) is 29.9 Å². The molecule has 0 aliphatic rings. The minimum atomic E-state index is -0.804. The Labute approximate surface area is 150 Å². The number of rotatable bonds is 9. The number of carbonyl (C=O) groups is 1. The van der Waals surface area contributed by atoms with Gasteiger partial charge in [-0.3, -0.25) is 0 Å². The summed E-state index contributed by atoms with van der Waals surface area (Å²) in [6.45, 7) is 0.162. The second kappa shape index (κ2) is 9.26. The Morgan fingerprint density at radius 3 is 2.50 bits per heavy atom. The van der Waals surface area contributed by atoms with Gasteiger partial charge in [0.05, 0.1) is 19.3 Å². The normalized spacial score (nSPS) is 10.2. The molecule has 0 aromatic heterocycles. The summed E-state index contributed by atoms with van der Waals surface area (Å²) in [5.74, 6) is -0.377. The van der Waals surface area contributed by atoms with Gasteiger partial charge in [0, 0.05) is 0 Å². The van der Waals surface area contributed by atoms with E-state index in [1.807, 2.05) is 24.3 Å². The Morgan fingerprint density at radius 2 is 1.85 bits per heavy atom. The van der Waals surface area contributed by atoms with Gasteiger partial charge in [-0.2, -0.15) is 0 Å². The fraction of sp³-hybridized carbons (Fsp3) is 0.278. The molecule has 0 spiro atoms. The number of benzene rings is 2. The highest BCUT2D eigenvalue weighted by Crippen LogP contribution is 2.26. The molecular formula is C18H19NO7. The number of ether oxygens (including phenoxy) is 2. The first kappa shape index (κ1) is 19.0. The molecule has 8 heteroatoms. The van der Waals surface area contributed by atoms with Gasteiger partial charge in [0.15, 0.2) is 11.5 Å². The van der Waals surface area contributed by atoms with E-state index >= 15 is 0 Å². The molecule has 26 heavy (non-hydrogen) atoms. The van der Waals surface area contributed by atoms with Crippen molar-refractivity contribution in [2.45, 2.75) is 19.4 Å². The number of hydrogen-bond donors (Lipinski definition) is 1. The van der Waals surface area contributed by atoms with Crippen molar-refractivity contribution >= 4 is 5.97 Å². The van der Waals surface area contributed by atoms with Gasteiger partial charge in [-0.05, 0) is 42.2 Å². The number of aryl methyl sites for hydroxylation is 1. The van der Waals surface area contributed by atoms with Crippen molar-refractivity contribution in [3.63, 3.8) is 0 Å². The predicted octanol–water partition coefficient (Wildman–Crippen LogP) is 2.90. The number of methoxy groups -OCH3 is 1. The maximum absolute atomic E-state index is 12.1. The number of hydrogen-bond acceptors (Lipinski definition) is 7. The van der Waals surface area contributed by atoms with Crippen LogP contribution in [0.4, 0.5) is 0 Å². The molecule has 0 aliphatic carbocycles. The van der Waals surface area contributed by atoms with Crippen LogP contribution < -0.4 is 4.74 Å². The molecule has 0 unspecified atom stereocenters. The van der Waals surface area contributed by atoms with Gasteiger partial charge in [-0.25, -0.2) is 4.79 Å². The summed E-state index contributed by atoms with van der Waals surface area (Å²) in [4.78, 5) is 26.4. The third-order valence-corrected chi connectivity index (χ3v) is 3.61. The van der Waals surface area contributed by atoms with Crippen molar-refractivity contribution in [2.75, 3.05) is 13.7 Å². The predicted molar refractivity (Wildman–Crippen MR) is 91.5 cm³/mol. The summed E-state index contributed by atoms with van der Waals surface area (Å²) in [5, 5.41) is 18.8. The van der Waals surface area contributed by atoms with E-state index < -0.39 is 11.1 Å². The van der Waals surface area contributed by atoms with Gasteiger partial charge in [-0.15, -0.1) is 10.1 Å². The molecule has 2 rings (SSSR count). The third kappa shape index (κ3) is 5.66. The van der Waals surface area contributed by atoms with Gasteiger partial charge < -0.3 is 19.4 Å². The number of esters is 1. The maximum Gasteiger partial charge on any atom is 0.338 e. The molecule has 0 fully saturated rings. The van der Waals surface area contributed by atoms with Gasteiger partial charge in [0.1, 0.15) is 6.61 Å². The molecule has 0 aliphatic heterocycles. The molecule has 8 nitrogen and oxygen atoms in total. The van der Waals surface area contributed by atoms with Crippen LogP contribution >= 0.6 is 0 Å². The number of phenols is 1. The highest BCUT2D eigenvalue weighted by atomic mass is 16.9. The minimum Gasteiger partial charge on any atom is -0.504 e. The Hall–Kier alpha value is -3.29. The van der Waals surface area contributed by atoms with Crippen LogP contribution in [0.1, 0.15) is 27.9 Å². The molecule has 2 aromatic carbocycles. The van der Waals surface area contributed by atoms with Crippen LogP contribution in [0.3, 0.4) is 0 Å². The van der Waals surface area contributed by atoms with E-state index in [1.165, 1.54) is 25.3 Å². The van der Waals surface area contributed by atoms with Crippen LogP contribution in [0.15, 0.2) is 42.5 Å². The average molecular weight is 361 g/mol. The minimum absolute atomic E-state index is 0.0525. The summed E-state index contributed by atoms with van der Waals surface area (Å²) < 4.78 is 10.2. The summed E-state index contributed by atoms with van der Waals surface area (Å²) in [6.07, 6.45) is 1.19. The Balaban J connectivity index is 1.83. The molecule has 1 N–H and O–H groups in total. The van der Waals surface area contributed by atoms with Crippen molar-refractivity contribution in [1.82, 2.24) is 0 Å². The van der Waals surface area contributed by atoms with Crippen molar-refractivity contribution in [3.05, 3.63) is 69.3 Å². The fourth-order valence-electron chi connectivity index (χ4n) is 2.25. The topological polar surface area (TPSA) is 108 Å². The lowest BCUT2D eigenvalue weighted by Crippen LogP contribution is -2.05. The highest BCUT2D eigenvalue weighted by Gasteiger charge is 2.11. The van der Waals surface area contributed by atoms with Crippen molar-refractivity contribution in [1.29, 1.82) is 0 Å². The monoisotopic (exact) mass is 361 g/mol. The van der Waals surface area contributed by atoms with Crippen LogP contribution in [0.5, 0.6) is 11.5 Å². The quantitative estimate of drug-likeness (QED) is 0.316. The average Bonchev–Trinajstić information content (AvgIpc) is 2.64. The SMILES string of the molecule is COc1cc(C(=O)OCc2ccc(CCCO[N+](=O)[O-])cc2)ccc1O. The Bertz CT molecular complexity index is 759. The number of aromatic hydroxyl groups is 1. The fourth-order valence-corrected chi connectivity index (χ4v) is 2.25. The highest BCUT2D eigenvalue weighted by molar-refractivity contribution is 5.90. The zero-order valence-corrected chi connectivity index (χ0v) is 14.2. The Kier molecular flexibility index (Phi) is 6.78. The van der Waals surface area contributed by atoms with Gasteiger partial charge >= 0.3 is 5.97 Å². The molecule has 0 saturated heterocycles. The maximum atomic E-state index is 12.1. The molecule has 0 radical (unpaired) electrons. The number of phenolic OH excluding ortho intramolecular Hbond substituents is 1. The van der Waals surface area contributed by atoms with Gasteiger partial charge in [0.25, 0.3) is 5.09 Å². The van der Waals surface area contributed by atoms with E-state index in [0.29, 0.717) is 12.8 Å². The van der Waals surface area contributed by atoms with E-state index in [1.54, 1.807) is 0 Å². The molecule has 138 valence electrons. The van der Waals surface area contributed by atoms with E-state index in [4.69, 9.17) is 9.47 Å². The molecule has 0 saturated carbocycles. The smallest absolute Gasteiger partial charge is 0.338 e. The third-order valence-electron chi connectivity index (χ3n) is 3.61. The molecule has 0 heterocycles. The number of nitrogens with zero attached hydrogens (tertiary/aromatic N) is 1. The second-order valence-electron chi connectivity index (χ2n) is 5.44. The van der Waals surface area contributed by atoms with Gasteiger partial charge in [-0.1, -0.05) is 24.3 Å². The first-order valence-electron chi connectivity index (χ1n) is 7.89. The molecule has 0 atom stereocenters. The molecule has 2 aromatic rings. The van der Waals surface area contributed by atoms with Gasteiger partial charge in [0.2, 0.25) is 0 Å². The summed E-state index contributed by atoms with van der Waals surface area (Å²) >= 11 is 0. The summed E-state index contributed by atoms with van der Waals surface area (Å²) in [6, 6.07) is 11.6. The van der Waals surface area contributed by atoms with E-state index in [9.17, 15) is 20.0 Å². The van der Waals surface area contributed by atoms with Crippen molar-refractivity contribution in [2.24, 2.45) is 0 Å². The van der Waals surface area contributed by atoms with E-state index in [0.717, 1.165) is 11.1 Å². The zero-order chi connectivity index (χ0) is 18.9. The standard InChI is InChI=1S/C18H19NO7/c1-24-17-11-15(8-9-16(17)20)18(21)25-12-14-6-4-13(5-7-14)3-2-10-26-19(22)23/h4-9,11,20H,2-3,10,12H2,1H3. The van der Waals surface area contributed by atoms with Crippen molar-refractivity contribution < 1.29 is 29.3 Å². The zero-order valence-electron chi connectivity index (χ0n) is 14.2. The lowest BCUT2D eigenvalue weighted by molar-refractivity contribution is -0.757. The molecule has 0 bridgehead atoms. The number of carbonyl (C=O) groups excluding carboxylic acids is 1. The summed E-state index contributed by atoms with van der Waals surface area (Å²) in [5.41, 5.74) is 2.10. The lowest BCUT2D eigenvalue weighted by Gasteiger charge is -2.08. The van der Waals surface area contributed by atoms with E-state index in [2.05, 4.69) is 4.84 Å². The van der Waals surface area contributed by atoms with Crippen molar-refractivity contribution in [3.8, 4) is 11.5 Å². The molecule has 0 amide bonds. The lowest BCUT2D eigenvalue weighted by atomic mass is 10.1. The van der Waals surface area contributed by atoms with Crippen LogP contribution in [0, 0.1) is 10.1 Å². The largest absolute Gasteiger partial charge is 0.504 e. The Morgan fingerprint density at radius 1 is 1.15 bits per heavy atom. The van der Waals surface area contributed by atoms with Crippen LogP contribution in [-0.2, 0) is 22.6 Å². The molecular weight excluding hydrogens is 342 g/mol. The van der Waals surface area contributed by atoms with E-state index in [-0.39, 0.29) is 30.3 Å². The van der Waals surface area contributed by atoms with Crippen LogP contribution in [0.25, 0.3) is 0 Å². The summed E-state index contributed by atoms with van der Waals surface area (Å²) in [7, 11) is 1.40.